The average Bonchev–Trinajstić information content (AvgIpc) is 2.95. The molecule has 6 nitrogen and oxygen atoms in total. The minimum Gasteiger partial charge on any atom is -0.476 e. The third-order valence-electron chi connectivity index (χ3n) is 3.06. The van der Waals surface area contributed by atoms with Gasteiger partial charge in [0.1, 0.15) is 0 Å². The molecule has 1 aromatic heterocycles. The van der Waals surface area contributed by atoms with Gasteiger partial charge in [-0.15, -0.1) is 5.10 Å². The number of hydrogen-bond acceptors (Lipinski definition) is 4. The highest BCUT2D eigenvalue weighted by atomic mass is 16.5. The number of aryl methyl sites for hydroxylation is 1. The van der Waals surface area contributed by atoms with Crippen LogP contribution < -0.4 is 0 Å². The lowest BCUT2D eigenvalue weighted by atomic mass is 10.2. The lowest BCUT2D eigenvalue weighted by Crippen LogP contribution is -2.13. The SMILES string of the molecule is CCc1c(C(=O)O)nnn1CCC1CCCO1. The Morgan fingerprint density at radius 3 is 3.06 bits per heavy atom. The van der Waals surface area contributed by atoms with E-state index in [4.69, 9.17) is 9.84 Å². The lowest BCUT2D eigenvalue weighted by molar-refractivity contribution is 0.0689. The van der Waals surface area contributed by atoms with E-state index in [1.807, 2.05) is 6.92 Å². The summed E-state index contributed by atoms with van der Waals surface area (Å²) in [6.07, 6.45) is 3.98. The molecular formula is C11H17N3O3. The molecule has 17 heavy (non-hydrogen) atoms. The summed E-state index contributed by atoms with van der Waals surface area (Å²) >= 11 is 0. The van der Waals surface area contributed by atoms with Crippen LogP contribution in [-0.2, 0) is 17.7 Å². The van der Waals surface area contributed by atoms with Crippen molar-refractivity contribution >= 4 is 5.97 Å². The van der Waals surface area contributed by atoms with Gasteiger partial charge < -0.3 is 9.84 Å². The maximum absolute atomic E-state index is 10.9. The minimum atomic E-state index is -1.01. The summed E-state index contributed by atoms with van der Waals surface area (Å²) in [4.78, 5) is 10.9. The summed E-state index contributed by atoms with van der Waals surface area (Å²) in [5, 5.41) is 16.6. The zero-order valence-corrected chi connectivity index (χ0v) is 9.93. The number of carboxylic acids is 1. The molecule has 2 rings (SSSR count). The first-order chi connectivity index (χ1) is 8.22. The number of nitrogens with zero attached hydrogens (tertiary/aromatic N) is 3. The predicted molar refractivity (Wildman–Crippen MR) is 60.0 cm³/mol. The van der Waals surface area contributed by atoms with Gasteiger partial charge in [-0.25, -0.2) is 9.48 Å². The number of carbonyl (C=O) groups is 1. The molecule has 1 fully saturated rings. The van der Waals surface area contributed by atoms with Crippen LogP contribution in [0.2, 0.25) is 0 Å². The molecule has 1 aromatic rings. The van der Waals surface area contributed by atoms with Crippen molar-refractivity contribution < 1.29 is 14.6 Å². The Hall–Kier alpha value is -1.43. The molecule has 1 aliphatic heterocycles. The van der Waals surface area contributed by atoms with Gasteiger partial charge >= 0.3 is 5.97 Å². The topological polar surface area (TPSA) is 77.2 Å². The molecule has 1 aliphatic rings. The van der Waals surface area contributed by atoms with Crippen LogP contribution >= 0.6 is 0 Å². The van der Waals surface area contributed by atoms with Crippen molar-refractivity contribution in [2.24, 2.45) is 0 Å². The molecule has 2 heterocycles. The van der Waals surface area contributed by atoms with Crippen LogP contribution in [0.5, 0.6) is 0 Å². The number of hydrogen-bond donors (Lipinski definition) is 1. The van der Waals surface area contributed by atoms with Crippen molar-refractivity contribution in [3.05, 3.63) is 11.4 Å². The first-order valence-electron chi connectivity index (χ1n) is 5.99. The molecule has 0 aromatic carbocycles. The third-order valence-corrected chi connectivity index (χ3v) is 3.06. The van der Waals surface area contributed by atoms with Crippen molar-refractivity contribution in [1.29, 1.82) is 0 Å². The Labute approximate surface area is 99.6 Å². The van der Waals surface area contributed by atoms with Crippen LogP contribution in [0.25, 0.3) is 0 Å². The van der Waals surface area contributed by atoms with E-state index in [2.05, 4.69) is 10.3 Å². The summed E-state index contributed by atoms with van der Waals surface area (Å²) in [6.45, 7) is 3.42. The van der Waals surface area contributed by atoms with Gasteiger partial charge in [-0.3, -0.25) is 0 Å². The van der Waals surface area contributed by atoms with Crippen molar-refractivity contribution in [1.82, 2.24) is 15.0 Å². The van der Waals surface area contributed by atoms with E-state index in [0.29, 0.717) is 18.7 Å². The van der Waals surface area contributed by atoms with Crippen molar-refractivity contribution in [2.45, 2.75) is 45.3 Å². The largest absolute Gasteiger partial charge is 0.476 e. The summed E-state index contributed by atoms with van der Waals surface area (Å²) in [7, 11) is 0. The fourth-order valence-electron chi connectivity index (χ4n) is 2.17. The van der Waals surface area contributed by atoms with Gasteiger partial charge in [0, 0.05) is 13.2 Å². The van der Waals surface area contributed by atoms with Crippen molar-refractivity contribution in [3.63, 3.8) is 0 Å². The molecule has 1 N–H and O–H groups in total. The van der Waals surface area contributed by atoms with Crippen molar-refractivity contribution in [3.8, 4) is 0 Å². The average molecular weight is 239 g/mol. The van der Waals surface area contributed by atoms with E-state index < -0.39 is 5.97 Å². The maximum atomic E-state index is 10.9. The highest BCUT2D eigenvalue weighted by Crippen LogP contribution is 2.17. The van der Waals surface area contributed by atoms with E-state index in [1.54, 1.807) is 4.68 Å². The molecule has 1 saturated heterocycles. The lowest BCUT2D eigenvalue weighted by Gasteiger charge is -2.10. The molecular weight excluding hydrogens is 222 g/mol. The Bertz CT molecular complexity index is 397. The Balaban J connectivity index is 2.02. The van der Waals surface area contributed by atoms with E-state index in [0.717, 1.165) is 25.9 Å². The molecule has 0 bridgehead atoms. The fourth-order valence-corrected chi connectivity index (χ4v) is 2.17. The fraction of sp³-hybridized carbons (Fsp3) is 0.727. The smallest absolute Gasteiger partial charge is 0.358 e. The predicted octanol–water partition coefficient (Wildman–Crippen LogP) is 1.11. The molecule has 0 aliphatic carbocycles. The molecule has 0 radical (unpaired) electrons. The molecule has 0 amide bonds. The van der Waals surface area contributed by atoms with Crippen molar-refractivity contribution in [2.75, 3.05) is 6.61 Å². The van der Waals surface area contributed by atoms with Crippen LogP contribution in [0.1, 0.15) is 42.4 Å². The van der Waals surface area contributed by atoms with Gasteiger partial charge in [-0.2, -0.15) is 0 Å². The monoisotopic (exact) mass is 239 g/mol. The molecule has 0 saturated carbocycles. The summed E-state index contributed by atoms with van der Waals surface area (Å²) in [5.74, 6) is -1.01. The zero-order valence-electron chi connectivity index (χ0n) is 9.93. The standard InChI is InChI=1S/C11H17N3O3/c1-2-9-10(11(15)16)12-13-14(9)6-5-8-4-3-7-17-8/h8H,2-7H2,1H3,(H,15,16). The first kappa shape index (κ1) is 12.0. The highest BCUT2D eigenvalue weighted by Gasteiger charge is 2.19. The summed E-state index contributed by atoms with van der Waals surface area (Å²) in [5.41, 5.74) is 0.760. The molecule has 6 heteroatoms. The second-order valence-electron chi connectivity index (χ2n) is 4.19. The van der Waals surface area contributed by atoms with Crippen LogP contribution in [0.4, 0.5) is 0 Å². The van der Waals surface area contributed by atoms with Gasteiger partial charge in [0.2, 0.25) is 0 Å². The summed E-state index contributed by atoms with van der Waals surface area (Å²) < 4.78 is 7.21. The van der Waals surface area contributed by atoms with Gasteiger partial charge in [0.05, 0.1) is 11.8 Å². The van der Waals surface area contributed by atoms with E-state index in [9.17, 15) is 4.79 Å². The van der Waals surface area contributed by atoms with Gasteiger partial charge in [0.25, 0.3) is 0 Å². The number of aromatic carboxylic acids is 1. The molecule has 94 valence electrons. The first-order valence-corrected chi connectivity index (χ1v) is 5.99. The second kappa shape index (κ2) is 5.27. The van der Waals surface area contributed by atoms with Crippen LogP contribution in [-0.4, -0.2) is 38.8 Å². The normalized spacial score (nSPS) is 19.7. The number of aromatic nitrogens is 3. The molecule has 0 spiro atoms. The Morgan fingerprint density at radius 2 is 2.47 bits per heavy atom. The second-order valence-corrected chi connectivity index (χ2v) is 4.19. The molecule has 1 atom stereocenters. The zero-order chi connectivity index (χ0) is 12.3. The Morgan fingerprint density at radius 1 is 1.65 bits per heavy atom. The van der Waals surface area contributed by atoms with E-state index in [-0.39, 0.29) is 11.8 Å². The highest BCUT2D eigenvalue weighted by molar-refractivity contribution is 5.86. The van der Waals surface area contributed by atoms with Gasteiger partial charge in [-0.05, 0) is 25.7 Å². The minimum absolute atomic E-state index is 0.0693. The quantitative estimate of drug-likeness (QED) is 0.832. The third kappa shape index (κ3) is 2.63. The van der Waals surface area contributed by atoms with Crippen LogP contribution in [0.15, 0.2) is 0 Å². The number of carboxylic acid groups (broad SMARTS) is 1. The van der Waals surface area contributed by atoms with E-state index in [1.165, 1.54) is 0 Å². The van der Waals surface area contributed by atoms with Crippen LogP contribution in [0.3, 0.4) is 0 Å². The molecule has 1 unspecified atom stereocenters. The van der Waals surface area contributed by atoms with E-state index >= 15 is 0 Å². The summed E-state index contributed by atoms with van der Waals surface area (Å²) in [6, 6.07) is 0. The number of ether oxygens (including phenoxy) is 1. The van der Waals surface area contributed by atoms with Crippen LogP contribution in [0, 0.1) is 0 Å². The number of rotatable bonds is 5. The maximum Gasteiger partial charge on any atom is 0.358 e. The Kier molecular flexibility index (Phi) is 3.73. The van der Waals surface area contributed by atoms with Gasteiger partial charge in [0.15, 0.2) is 5.69 Å². The van der Waals surface area contributed by atoms with Gasteiger partial charge in [-0.1, -0.05) is 12.1 Å².